The van der Waals surface area contributed by atoms with Gasteiger partial charge < -0.3 is 39.8 Å². The van der Waals surface area contributed by atoms with Crippen LogP contribution in [0.5, 0.6) is 23.5 Å². The van der Waals surface area contributed by atoms with Crippen molar-refractivity contribution in [1.82, 2.24) is 20.6 Å². The molecule has 2 aromatic heterocycles. The number of aliphatic carboxylic acids is 2. The van der Waals surface area contributed by atoms with Gasteiger partial charge in [-0.1, -0.05) is 59.6 Å². The second-order valence-electron chi connectivity index (χ2n) is 11.5. The maximum atomic E-state index is 11.2. The molecule has 0 bridgehead atoms. The van der Waals surface area contributed by atoms with Crippen LogP contribution in [0, 0.1) is 13.8 Å². The number of carbonyl (C=O) groups is 2. The Bertz CT molecular complexity index is 1720. The number of nitrogens with zero attached hydrogens (tertiary/aromatic N) is 2. The average molecular weight is 728 g/mol. The van der Waals surface area contributed by atoms with Crippen LogP contribution in [0.2, 0.25) is 10.0 Å². The van der Waals surface area contributed by atoms with E-state index < -0.39 is 24.0 Å². The van der Waals surface area contributed by atoms with Crippen molar-refractivity contribution >= 4 is 35.1 Å². The van der Waals surface area contributed by atoms with E-state index in [4.69, 9.17) is 52.4 Å². The van der Waals surface area contributed by atoms with E-state index in [0.717, 1.165) is 33.4 Å². The normalized spacial score (nSPS) is 12.2. The van der Waals surface area contributed by atoms with E-state index in [0.29, 0.717) is 11.1 Å². The molecule has 14 heteroatoms. The SMILES string of the molecule is COc1nc(OCc2cccc(-c3cccc(COc4nc(OC)c(CNC(C)C(=O)O)cc4Cl)c3C)c2C)c(Cl)cc1CNC(C)C(=O)O. The van der Waals surface area contributed by atoms with Crippen molar-refractivity contribution < 1.29 is 38.7 Å². The summed E-state index contributed by atoms with van der Waals surface area (Å²) in [5.41, 5.74) is 7.11. The van der Waals surface area contributed by atoms with E-state index in [2.05, 4.69) is 20.6 Å². The summed E-state index contributed by atoms with van der Waals surface area (Å²) in [5.74, 6) is -0.989. The zero-order chi connectivity index (χ0) is 36.5. The van der Waals surface area contributed by atoms with Crippen molar-refractivity contribution in [2.75, 3.05) is 14.2 Å². The number of hydrogen-bond acceptors (Lipinski definition) is 10. The molecule has 4 rings (SSSR count). The van der Waals surface area contributed by atoms with Gasteiger partial charge in [0.25, 0.3) is 0 Å². The minimum Gasteiger partial charge on any atom is -0.481 e. The quantitative estimate of drug-likeness (QED) is 0.0953. The molecule has 2 aromatic carbocycles. The molecule has 0 saturated heterocycles. The third-order valence-electron chi connectivity index (χ3n) is 8.20. The molecule has 0 aliphatic heterocycles. The Hall–Kier alpha value is -4.62. The lowest BCUT2D eigenvalue weighted by molar-refractivity contribution is -0.140. The molecule has 0 aliphatic carbocycles. The fourth-order valence-electron chi connectivity index (χ4n) is 5.05. The monoisotopic (exact) mass is 726 g/mol. The first kappa shape index (κ1) is 38.2. The molecule has 0 fully saturated rings. The highest BCUT2D eigenvalue weighted by atomic mass is 35.5. The van der Waals surface area contributed by atoms with Crippen molar-refractivity contribution in [3.63, 3.8) is 0 Å². The number of benzene rings is 2. The van der Waals surface area contributed by atoms with Crippen LogP contribution in [0.3, 0.4) is 0 Å². The van der Waals surface area contributed by atoms with Gasteiger partial charge in [-0.2, -0.15) is 9.97 Å². The number of pyridine rings is 2. The second kappa shape index (κ2) is 17.3. The molecule has 2 heterocycles. The molecule has 4 N–H and O–H groups in total. The molecule has 0 saturated carbocycles. The lowest BCUT2D eigenvalue weighted by Gasteiger charge is -2.18. The van der Waals surface area contributed by atoms with E-state index in [1.807, 2.05) is 50.2 Å². The molecule has 266 valence electrons. The lowest BCUT2D eigenvalue weighted by Crippen LogP contribution is -2.33. The van der Waals surface area contributed by atoms with Crippen LogP contribution in [-0.2, 0) is 35.9 Å². The van der Waals surface area contributed by atoms with Crippen LogP contribution in [0.1, 0.15) is 47.2 Å². The number of ether oxygens (including phenoxy) is 4. The molecule has 0 radical (unpaired) electrons. The van der Waals surface area contributed by atoms with Crippen LogP contribution < -0.4 is 29.6 Å². The van der Waals surface area contributed by atoms with Crippen molar-refractivity contribution in [1.29, 1.82) is 0 Å². The second-order valence-corrected chi connectivity index (χ2v) is 12.3. The molecule has 2 unspecified atom stereocenters. The zero-order valence-electron chi connectivity index (χ0n) is 28.6. The van der Waals surface area contributed by atoms with Gasteiger partial charge in [-0.3, -0.25) is 9.59 Å². The summed E-state index contributed by atoms with van der Waals surface area (Å²) in [5, 5.41) is 24.6. The van der Waals surface area contributed by atoms with E-state index in [1.165, 1.54) is 14.2 Å². The number of aromatic nitrogens is 2. The summed E-state index contributed by atoms with van der Waals surface area (Å²) in [6.07, 6.45) is 0. The molecule has 2 atom stereocenters. The van der Waals surface area contributed by atoms with Crippen LogP contribution in [0.15, 0.2) is 48.5 Å². The number of halogens is 2. The molecular formula is C36H40Cl2N4O8. The smallest absolute Gasteiger partial charge is 0.320 e. The summed E-state index contributed by atoms with van der Waals surface area (Å²) >= 11 is 13.0. The molecule has 50 heavy (non-hydrogen) atoms. The summed E-state index contributed by atoms with van der Waals surface area (Å²) in [4.78, 5) is 31.2. The van der Waals surface area contributed by atoms with Gasteiger partial charge in [0.1, 0.15) is 35.3 Å². The standard InChI is InChI=1S/C36H40Cl2N4O8/c1-19-23(17-49-33-29(37)13-25(31(41-33)47-5)15-39-21(3)35(43)44)9-7-11-27(19)28-12-8-10-24(20(28)2)18-50-34-30(38)14-26(32(42-34)48-6)16-40-22(4)36(45)46/h7-14,21-22,39-40H,15-18H2,1-6H3,(H,43,44)(H,45,46). The van der Waals surface area contributed by atoms with Crippen LogP contribution in [0.25, 0.3) is 11.1 Å². The first-order chi connectivity index (χ1) is 23.8. The maximum Gasteiger partial charge on any atom is 0.320 e. The number of hydrogen-bond donors (Lipinski definition) is 4. The minimum atomic E-state index is -0.971. The predicted molar refractivity (Wildman–Crippen MR) is 189 cm³/mol. The van der Waals surface area contributed by atoms with E-state index in [9.17, 15) is 9.59 Å². The van der Waals surface area contributed by atoms with Gasteiger partial charge in [0.05, 0.1) is 14.2 Å². The van der Waals surface area contributed by atoms with Gasteiger partial charge in [0, 0.05) is 24.2 Å². The highest BCUT2D eigenvalue weighted by Gasteiger charge is 2.19. The lowest BCUT2D eigenvalue weighted by atomic mass is 9.92. The molecule has 0 spiro atoms. The highest BCUT2D eigenvalue weighted by Crippen LogP contribution is 2.34. The maximum absolute atomic E-state index is 11.2. The van der Waals surface area contributed by atoms with E-state index in [-0.39, 0.29) is 59.9 Å². The largest absolute Gasteiger partial charge is 0.481 e. The molecule has 0 aliphatic rings. The first-order valence-corrected chi connectivity index (χ1v) is 16.4. The number of carboxylic acids is 2. The Balaban J connectivity index is 1.49. The molecule has 12 nitrogen and oxygen atoms in total. The van der Waals surface area contributed by atoms with Crippen molar-refractivity contribution in [3.8, 4) is 34.6 Å². The zero-order valence-corrected chi connectivity index (χ0v) is 30.1. The summed E-state index contributed by atoms with van der Waals surface area (Å²) < 4.78 is 23.0. The Morgan fingerprint density at radius 2 is 1.06 bits per heavy atom. The third kappa shape index (κ3) is 9.33. The fraction of sp³-hybridized carbons (Fsp3) is 0.333. The van der Waals surface area contributed by atoms with Gasteiger partial charge in [-0.05, 0) is 73.2 Å². The van der Waals surface area contributed by atoms with Gasteiger partial charge >= 0.3 is 11.9 Å². The van der Waals surface area contributed by atoms with Gasteiger partial charge in [0.2, 0.25) is 23.5 Å². The van der Waals surface area contributed by atoms with Crippen molar-refractivity contribution in [2.45, 2.75) is 66.1 Å². The number of nitrogens with one attached hydrogen (secondary N) is 2. The van der Waals surface area contributed by atoms with Crippen molar-refractivity contribution in [3.05, 3.63) is 92.0 Å². The average Bonchev–Trinajstić information content (AvgIpc) is 3.09. The first-order valence-electron chi connectivity index (χ1n) is 15.7. The van der Waals surface area contributed by atoms with Crippen molar-refractivity contribution in [2.24, 2.45) is 0 Å². The summed E-state index contributed by atoms with van der Waals surface area (Å²) in [6.45, 7) is 7.92. The number of methoxy groups -OCH3 is 2. The van der Waals surface area contributed by atoms with Crippen LogP contribution >= 0.6 is 23.2 Å². The minimum absolute atomic E-state index is 0.192. The number of carboxylic acid groups (broad SMARTS) is 2. The summed E-state index contributed by atoms with van der Waals surface area (Å²) in [6, 6.07) is 13.7. The molecular weight excluding hydrogens is 687 g/mol. The molecule has 0 amide bonds. The topological polar surface area (TPSA) is 161 Å². The van der Waals surface area contributed by atoms with E-state index in [1.54, 1.807) is 26.0 Å². The summed E-state index contributed by atoms with van der Waals surface area (Å²) in [7, 11) is 2.95. The molecule has 4 aromatic rings. The Morgan fingerprint density at radius 1 is 0.680 bits per heavy atom. The number of rotatable bonds is 17. The Kier molecular flexibility index (Phi) is 13.3. The van der Waals surface area contributed by atoms with Crippen LogP contribution in [0.4, 0.5) is 0 Å². The highest BCUT2D eigenvalue weighted by molar-refractivity contribution is 6.32. The van der Waals surface area contributed by atoms with E-state index >= 15 is 0 Å². The fourth-order valence-corrected chi connectivity index (χ4v) is 5.51. The Morgan fingerprint density at radius 3 is 1.40 bits per heavy atom. The predicted octanol–water partition coefficient (Wildman–Crippen LogP) is 6.37. The third-order valence-corrected chi connectivity index (χ3v) is 8.74. The van der Waals surface area contributed by atoms with Crippen LogP contribution in [-0.4, -0.2) is 58.4 Å². The van der Waals surface area contributed by atoms with Gasteiger partial charge in [-0.25, -0.2) is 0 Å². The van der Waals surface area contributed by atoms with Gasteiger partial charge in [-0.15, -0.1) is 0 Å². The van der Waals surface area contributed by atoms with Gasteiger partial charge in [0.15, 0.2) is 0 Å². The Labute approximate surface area is 300 Å².